The fourth-order valence-corrected chi connectivity index (χ4v) is 4.13. The van der Waals surface area contributed by atoms with Gasteiger partial charge in [-0.15, -0.1) is 0 Å². The van der Waals surface area contributed by atoms with Crippen molar-refractivity contribution in [3.05, 3.63) is 36.4 Å². The summed E-state index contributed by atoms with van der Waals surface area (Å²) in [7, 11) is -3.87. The lowest BCUT2D eigenvalue weighted by Crippen LogP contribution is -2.41. The molecule has 1 N–H and O–H groups in total. The van der Waals surface area contributed by atoms with Crippen molar-refractivity contribution in [3.63, 3.8) is 0 Å². The summed E-state index contributed by atoms with van der Waals surface area (Å²) in [4.78, 5) is 13.5. The van der Waals surface area contributed by atoms with Gasteiger partial charge in [0.1, 0.15) is 11.9 Å². The Hall–Kier alpha value is -2.94. The monoisotopic (exact) mass is 390 g/mol. The maximum absolute atomic E-state index is 12.8. The minimum Gasteiger partial charge on any atom is -0.487 e. The van der Waals surface area contributed by atoms with Crippen LogP contribution in [0.3, 0.4) is 0 Å². The Labute approximate surface area is 156 Å². The van der Waals surface area contributed by atoms with Crippen LogP contribution in [0.2, 0.25) is 0 Å². The van der Waals surface area contributed by atoms with Crippen LogP contribution in [0.5, 0.6) is 17.2 Å². The highest BCUT2D eigenvalue weighted by Crippen LogP contribution is 2.37. The first-order valence-corrected chi connectivity index (χ1v) is 9.83. The summed E-state index contributed by atoms with van der Waals surface area (Å²) >= 11 is 0. The Bertz CT molecular complexity index is 1020. The van der Waals surface area contributed by atoms with E-state index >= 15 is 0 Å². The number of anilines is 2. The number of hydrogen-bond donors (Lipinski definition) is 1. The number of rotatable bonds is 3. The molecule has 142 valence electrons. The molecule has 1 unspecified atom stereocenters. The van der Waals surface area contributed by atoms with Crippen molar-refractivity contribution in [2.75, 3.05) is 23.0 Å². The van der Waals surface area contributed by atoms with Gasteiger partial charge in [0.05, 0.1) is 22.8 Å². The number of nitrogens with one attached hydrogen (secondary N) is 1. The first-order chi connectivity index (χ1) is 12.8. The van der Waals surface area contributed by atoms with E-state index in [4.69, 9.17) is 14.2 Å². The fourth-order valence-electron chi connectivity index (χ4n) is 3.06. The Morgan fingerprint density at radius 1 is 1.11 bits per heavy atom. The third-order valence-corrected chi connectivity index (χ3v) is 5.68. The summed E-state index contributed by atoms with van der Waals surface area (Å²) in [5.41, 5.74) is 0.791. The van der Waals surface area contributed by atoms with Crippen LogP contribution in [0, 0.1) is 0 Å². The lowest BCUT2D eigenvalue weighted by atomic mass is 10.2. The number of fused-ring (bicyclic) bond motifs is 2. The first-order valence-electron chi connectivity index (χ1n) is 8.35. The van der Waals surface area contributed by atoms with Gasteiger partial charge in [-0.3, -0.25) is 9.52 Å². The maximum Gasteiger partial charge on any atom is 0.261 e. The summed E-state index contributed by atoms with van der Waals surface area (Å²) in [6, 6.07) is 9.25. The molecule has 0 fully saturated rings. The molecule has 1 atom stereocenters. The Balaban J connectivity index is 1.66. The second kappa shape index (κ2) is 6.34. The van der Waals surface area contributed by atoms with Gasteiger partial charge in [-0.05, 0) is 37.3 Å². The summed E-state index contributed by atoms with van der Waals surface area (Å²) in [5, 5.41) is 0. The zero-order valence-corrected chi connectivity index (χ0v) is 15.6. The predicted octanol–water partition coefficient (Wildman–Crippen LogP) is 2.35. The van der Waals surface area contributed by atoms with Crippen LogP contribution in [-0.4, -0.2) is 33.8 Å². The predicted molar refractivity (Wildman–Crippen MR) is 97.9 cm³/mol. The van der Waals surface area contributed by atoms with E-state index in [9.17, 15) is 13.2 Å². The second-order valence-electron chi connectivity index (χ2n) is 6.36. The summed E-state index contributed by atoms with van der Waals surface area (Å²) in [6.07, 6.45) is -0.171. The van der Waals surface area contributed by atoms with E-state index in [1.807, 2.05) is 6.92 Å². The molecule has 2 aromatic carbocycles. The summed E-state index contributed by atoms with van der Waals surface area (Å²) in [5.74, 6) is 1.34. The van der Waals surface area contributed by atoms with Crippen molar-refractivity contribution in [1.82, 2.24) is 0 Å². The zero-order valence-electron chi connectivity index (χ0n) is 14.8. The summed E-state index contributed by atoms with van der Waals surface area (Å²) in [6.45, 7) is 3.76. The molecule has 2 aliphatic heterocycles. The quantitative estimate of drug-likeness (QED) is 0.865. The molecule has 0 spiro atoms. The SMILES string of the molecule is CC(=O)N1CC(C)Oc2ccc(S(=O)(=O)Nc3ccc4c(c3)OCO4)cc21. The molecule has 0 saturated heterocycles. The molecular formula is C18H18N2O6S. The zero-order chi connectivity index (χ0) is 19.2. The van der Waals surface area contributed by atoms with Crippen LogP contribution in [-0.2, 0) is 14.8 Å². The molecule has 2 aromatic rings. The van der Waals surface area contributed by atoms with Crippen molar-refractivity contribution in [3.8, 4) is 17.2 Å². The van der Waals surface area contributed by atoms with E-state index in [1.165, 1.54) is 24.0 Å². The largest absolute Gasteiger partial charge is 0.487 e. The number of hydrogen-bond acceptors (Lipinski definition) is 6. The smallest absolute Gasteiger partial charge is 0.261 e. The van der Waals surface area contributed by atoms with Crippen LogP contribution in [0.1, 0.15) is 13.8 Å². The van der Waals surface area contributed by atoms with Gasteiger partial charge in [0.15, 0.2) is 11.5 Å². The standard InChI is InChI=1S/C18H18N2O6S/c1-11-9-20(12(2)21)15-8-14(4-6-16(15)26-11)27(22,23)19-13-3-5-17-18(7-13)25-10-24-17/h3-8,11,19H,9-10H2,1-2H3. The third kappa shape index (κ3) is 3.25. The Morgan fingerprint density at radius 2 is 1.85 bits per heavy atom. The summed E-state index contributed by atoms with van der Waals surface area (Å²) < 4.78 is 44.3. The van der Waals surface area contributed by atoms with Crippen LogP contribution >= 0.6 is 0 Å². The topological polar surface area (TPSA) is 94.2 Å². The molecule has 8 nitrogen and oxygen atoms in total. The third-order valence-electron chi connectivity index (χ3n) is 4.30. The number of benzene rings is 2. The van der Waals surface area contributed by atoms with Crippen molar-refractivity contribution < 1.29 is 27.4 Å². The van der Waals surface area contributed by atoms with Gasteiger partial charge >= 0.3 is 0 Å². The van der Waals surface area contributed by atoms with Crippen LogP contribution in [0.25, 0.3) is 0 Å². The maximum atomic E-state index is 12.8. The highest BCUT2D eigenvalue weighted by Gasteiger charge is 2.28. The van der Waals surface area contributed by atoms with Gasteiger partial charge in [-0.1, -0.05) is 0 Å². The normalized spacial score (nSPS) is 17.9. The number of nitrogens with zero attached hydrogens (tertiary/aromatic N) is 1. The first kappa shape index (κ1) is 17.5. The van der Waals surface area contributed by atoms with Gasteiger partial charge < -0.3 is 19.1 Å². The molecule has 2 aliphatic rings. The molecule has 0 radical (unpaired) electrons. The number of carbonyl (C=O) groups excluding carboxylic acids is 1. The fraction of sp³-hybridized carbons (Fsp3) is 0.278. The number of carbonyl (C=O) groups is 1. The molecule has 0 saturated carbocycles. The van der Waals surface area contributed by atoms with Gasteiger partial charge in [0.25, 0.3) is 10.0 Å². The lowest BCUT2D eigenvalue weighted by Gasteiger charge is -2.33. The average molecular weight is 390 g/mol. The minimum atomic E-state index is -3.87. The average Bonchev–Trinajstić information content (AvgIpc) is 3.07. The number of amides is 1. The van der Waals surface area contributed by atoms with Gasteiger partial charge in [-0.25, -0.2) is 8.42 Å². The molecule has 0 aromatic heterocycles. The van der Waals surface area contributed by atoms with Crippen LogP contribution in [0.15, 0.2) is 41.3 Å². The van der Waals surface area contributed by atoms with Crippen molar-refractivity contribution in [2.24, 2.45) is 0 Å². The van der Waals surface area contributed by atoms with Crippen molar-refractivity contribution in [2.45, 2.75) is 24.8 Å². The molecular weight excluding hydrogens is 372 g/mol. The van der Waals surface area contributed by atoms with E-state index in [2.05, 4.69) is 4.72 Å². The Morgan fingerprint density at radius 3 is 2.63 bits per heavy atom. The van der Waals surface area contributed by atoms with E-state index in [-0.39, 0.29) is 23.7 Å². The molecule has 9 heteroatoms. The second-order valence-corrected chi connectivity index (χ2v) is 8.04. The minimum absolute atomic E-state index is 0.0309. The van der Waals surface area contributed by atoms with Gasteiger partial charge in [0, 0.05) is 13.0 Å². The molecule has 2 heterocycles. The highest BCUT2D eigenvalue weighted by atomic mass is 32.2. The van der Waals surface area contributed by atoms with Gasteiger partial charge in [-0.2, -0.15) is 0 Å². The van der Waals surface area contributed by atoms with Gasteiger partial charge in [0.2, 0.25) is 12.7 Å². The van der Waals surface area contributed by atoms with Crippen LogP contribution < -0.4 is 23.8 Å². The molecule has 27 heavy (non-hydrogen) atoms. The number of ether oxygens (including phenoxy) is 3. The Kier molecular flexibility index (Phi) is 4.11. The molecule has 0 bridgehead atoms. The van der Waals surface area contributed by atoms with Crippen molar-refractivity contribution in [1.29, 1.82) is 0 Å². The lowest BCUT2D eigenvalue weighted by molar-refractivity contribution is -0.117. The highest BCUT2D eigenvalue weighted by molar-refractivity contribution is 7.92. The van der Waals surface area contributed by atoms with E-state index in [0.717, 1.165) is 0 Å². The van der Waals surface area contributed by atoms with E-state index < -0.39 is 10.0 Å². The van der Waals surface area contributed by atoms with E-state index in [0.29, 0.717) is 35.2 Å². The molecule has 0 aliphatic carbocycles. The van der Waals surface area contributed by atoms with Crippen molar-refractivity contribution >= 4 is 27.3 Å². The van der Waals surface area contributed by atoms with E-state index in [1.54, 1.807) is 24.3 Å². The molecule has 4 rings (SSSR count). The number of sulfonamides is 1. The van der Waals surface area contributed by atoms with Crippen LogP contribution in [0.4, 0.5) is 11.4 Å². The molecule has 1 amide bonds.